The first kappa shape index (κ1) is 26.6. The second-order valence-corrected chi connectivity index (χ2v) is 10.0. The van der Waals surface area contributed by atoms with E-state index in [0.29, 0.717) is 0 Å². The molecule has 34 heavy (non-hydrogen) atoms. The lowest BCUT2D eigenvalue weighted by Crippen LogP contribution is -2.43. The molecule has 188 valence electrons. The molecule has 1 aliphatic rings. The van der Waals surface area contributed by atoms with E-state index in [1.807, 2.05) is 0 Å². The van der Waals surface area contributed by atoms with Crippen LogP contribution in [-0.4, -0.2) is 58.9 Å². The van der Waals surface area contributed by atoms with Gasteiger partial charge in [-0.2, -0.15) is 4.31 Å². The van der Waals surface area contributed by atoms with Crippen LogP contribution in [0.15, 0.2) is 46.1 Å². The molecule has 0 spiro atoms. The molecule has 2 aromatic rings. The van der Waals surface area contributed by atoms with Gasteiger partial charge < -0.3 is 29.6 Å². The van der Waals surface area contributed by atoms with Crippen LogP contribution >= 0.6 is 15.6 Å². The number of hydrogen-bond acceptors (Lipinski definition) is 9. The molecule has 3 rings (SSSR count). The van der Waals surface area contributed by atoms with Gasteiger partial charge in [0.05, 0.1) is 6.61 Å². The summed E-state index contributed by atoms with van der Waals surface area (Å²) in [5.74, 6) is -0.517. The average molecular weight is 526 g/mol. The Hall–Kier alpha value is -2.03. The normalized spacial score (nSPS) is 24.8. The maximum atomic E-state index is 13.8. The number of nitrogens with zero attached hydrogens (tertiary/aromatic N) is 2. The Morgan fingerprint density at radius 1 is 1.06 bits per heavy atom. The number of hydrogen-bond donors (Lipinski definition) is 5. The molecule has 17 heteroatoms. The standard InChI is InChI=1S/C17H21FN2O12P2/c18-11-4-2-1-3-10(11)5-7-19-13(21)6-8-20(17(19)24)16-15(23)14(22)12(31-16)9-30-34(28,29)32-33(25,26)27/h1-4,6,8,12,14-16,22-23H,5,7,9H2,(H,28,29)(H2,25,26,27). The lowest BCUT2D eigenvalue weighted by molar-refractivity contribution is -0.0548. The van der Waals surface area contributed by atoms with Crippen LogP contribution in [0.5, 0.6) is 0 Å². The molecule has 1 aromatic carbocycles. The lowest BCUT2D eigenvalue weighted by atomic mass is 10.1. The Labute approximate surface area is 190 Å². The van der Waals surface area contributed by atoms with Crippen molar-refractivity contribution in [2.45, 2.75) is 37.5 Å². The predicted octanol–water partition coefficient (Wildman–Crippen LogP) is -0.763. The Morgan fingerprint density at radius 2 is 1.74 bits per heavy atom. The van der Waals surface area contributed by atoms with E-state index in [2.05, 4.69) is 8.83 Å². The molecule has 0 bridgehead atoms. The van der Waals surface area contributed by atoms with E-state index in [1.54, 1.807) is 6.07 Å². The topological polar surface area (TPSA) is 207 Å². The molecule has 1 fully saturated rings. The van der Waals surface area contributed by atoms with Crippen LogP contribution in [0.4, 0.5) is 4.39 Å². The molecule has 1 aromatic heterocycles. The lowest BCUT2D eigenvalue weighted by Gasteiger charge is -2.19. The fraction of sp³-hybridized carbons (Fsp3) is 0.412. The molecule has 5 unspecified atom stereocenters. The highest BCUT2D eigenvalue weighted by Crippen LogP contribution is 2.57. The van der Waals surface area contributed by atoms with Gasteiger partial charge in [0.1, 0.15) is 24.1 Å². The Kier molecular flexibility index (Phi) is 8.05. The molecule has 0 aliphatic carbocycles. The highest BCUT2D eigenvalue weighted by atomic mass is 31.3. The summed E-state index contributed by atoms with van der Waals surface area (Å²) in [5, 5.41) is 20.5. The second kappa shape index (κ2) is 10.3. The minimum atomic E-state index is -5.38. The van der Waals surface area contributed by atoms with Gasteiger partial charge in [0.15, 0.2) is 6.23 Å². The number of aliphatic hydroxyl groups is 2. The molecule has 14 nitrogen and oxygen atoms in total. The third-order valence-corrected chi connectivity index (χ3v) is 7.03. The van der Waals surface area contributed by atoms with Crippen LogP contribution in [0.25, 0.3) is 0 Å². The quantitative estimate of drug-likeness (QED) is 0.256. The number of halogens is 1. The van der Waals surface area contributed by atoms with E-state index < -0.39 is 63.9 Å². The van der Waals surface area contributed by atoms with Crippen LogP contribution in [-0.2, 0) is 35.7 Å². The fourth-order valence-corrected chi connectivity index (χ4v) is 4.89. The van der Waals surface area contributed by atoms with Crippen molar-refractivity contribution in [2.75, 3.05) is 6.61 Å². The maximum absolute atomic E-state index is 13.8. The summed E-state index contributed by atoms with van der Waals surface area (Å²) in [6.07, 6.45) is -5.59. The summed E-state index contributed by atoms with van der Waals surface area (Å²) < 4.78 is 51.0. The van der Waals surface area contributed by atoms with Gasteiger partial charge in [-0.05, 0) is 18.1 Å². The van der Waals surface area contributed by atoms with Crippen LogP contribution in [0.2, 0.25) is 0 Å². The van der Waals surface area contributed by atoms with Crippen molar-refractivity contribution in [3.8, 4) is 0 Å². The zero-order valence-electron chi connectivity index (χ0n) is 17.2. The van der Waals surface area contributed by atoms with Crippen molar-refractivity contribution in [1.29, 1.82) is 0 Å². The molecule has 5 atom stereocenters. The van der Waals surface area contributed by atoms with Gasteiger partial charge in [-0.3, -0.25) is 18.5 Å². The number of rotatable bonds is 9. The van der Waals surface area contributed by atoms with Gasteiger partial charge >= 0.3 is 21.3 Å². The number of aliphatic hydroxyl groups excluding tert-OH is 2. The number of aromatic nitrogens is 2. The van der Waals surface area contributed by atoms with Gasteiger partial charge in [-0.25, -0.2) is 18.3 Å². The summed E-state index contributed by atoms with van der Waals surface area (Å²) in [7, 11) is -10.6. The van der Waals surface area contributed by atoms with E-state index in [4.69, 9.17) is 14.5 Å². The SMILES string of the molecule is O=c1ccn(C2OC(COP(=O)(O)OP(=O)(O)O)C(O)C2O)c(=O)n1CCc1ccccc1F. The third kappa shape index (κ3) is 6.34. The third-order valence-electron chi connectivity index (χ3n) is 4.88. The maximum Gasteiger partial charge on any atom is 0.481 e. The van der Waals surface area contributed by atoms with Crippen LogP contribution in [0, 0.1) is 5.82 Å². The van der Waals surface area contributed by atoms with Gasteiger partial charge in [-0.15, -0.1) is 0 Å². The van der Waals surface area contributed by atoms with Crippen molar-refractivity contribution in [1.82, 2.24) is 9.13 Å². The van der Waals surface area contributed by atoms with E-state index >= 15 is 0 Å². The zero-order valence-corrected chi connectivity index (χ0v) is 18.9. The molecule has 0 radical (unpaired) electrons. The number of benzene rings is 1. The van der Waals surface area contributed by atoms with Crippen LogP contribution < -0.4 is 11.2 Å². The number of phosphoric ester groups is 1. The molecule has 1 aliphatic heterocycles. The molecular formula is C17H21FN2O12P2. The molecule has 0 amide bonds. The Bertz CT molecular complexity index is 1240. The number of aryl methyl sites for hydroxylation is 1. The Morgan fingerprint density at radius 3 is 2.38 bits per heavy atom. The molecular weight excluding hydrogens is 505 g/mol. The van der Waals surface area contributed by atoms with Crippen molar-refractivity contribution in [2.24, 2.45) is 0 Å². The monoisotopic (exact) mass is 526 g/mol. The van der Waals surface area contributed by atoms with Crippen LogP contribution in [0.1, 0.15) is 11.8 Å². The van der Waals surface area contributed by atoms with Crippen molar-refractivity contribution >= 4 is 15.6 Å². The second-order valence-electron chi connectivity index (χ2n) is 7.22. The molecule has 0 saturated carbocycles. The first-order valence-corrected chi connectivity index (χ1v) is 12.6. The summed E-state index contributed by atoms with van der Waals surface area (Å²) in [6.45, 7) is -1.16. The fourth-order valence-electron chi connectivity index (χ4n) is 3.29. The van der Waals surface area contributed by atoms with Gasteiger partial charge in [0, 0.05) is 18.8 Å². The van der Waals surface area contributed by atoms with Crippen molar-refractivity contribution in [3.05, 3.63) is 68.7 Å². The highest BCUT2D eigenvalue weighted by molar-refractivity contribution is 7.60. The van der Waals surface area contributed by atoms with E-state index in [0.717, 1.165) is 21.4 Å². The van der Waals surface area contributed by atoms with Crippen molar-refractivity contribution in [3.63, 3.8) is 0 Å². The van der Waals surface area contributed by atoms with E-state index in [-0.39, 0.29) is 18.5 Å². The first-order valence-electron chi connectivity index (χ1n) is 9.60. The minimum absolute atomic E-state index is 0.00432. The Balaban J connectivity index is 1.76. The van der Waals surface area contributed by atoms with Crippen molar-refractivity contribution < 1.29 is 52.0 Å². The molecule has 1 saturated heterocycles. The van der Waals surface area contributed by atoms with Gasteiger partial charge in [-0.1, -0.05) is 18.2 Å². The largest absolute Gasteiger partial charge is 0.481 e. The summed E-state index contributed by atoms with van der Waals surface area (Å²) in [4.78, 5) is 51.6. The minimum Gasteiger partial charge on any atom is -0.387 e. The first-order chi connectivity index (χ1) is 15.8. The van der Waals surface area contributed by atoms with Gasteiger partial charge in [0.2, 0.25) is 0 Å². The molecule has 2 heterocycles. The zero-order chi connectivity index (χ0) is 25.3. The summed E-state index contributed by atoms with van der Waals surface area (Å²) in [5.41, 5.74) is -1.39. The van der Waals surface area contributed by atoms with E-state index in [9.17, 15) is 38.2 Å². The number of ether oxygens (including phenoxy) is 1. The summed E-state index contributed by atoms with van der Waals surface area (Å²) in [6, 6.07) is 6.78. The van der Waals surface area contributed by atoms with Gasteiger partial charge in [0.25, 0.3) is 5.56 Å². The smallest absolute Gasteiger partial charge is 0.387 e. The molecule has 5 N–H and O–H groups in total. The highest BCUT2D eigenvalue weighted by Gasteiger charge is 2.46. The van der Waals surface area contributed by atoms with E-state index in [1.165, 1.54) is 18.2 Å². The predicted molar refractivity (Wildman–Crippen MR) is 110 cm³/mol. The summed E-state index contributed by atoms with van der Waals surface area (Å²) >= 11 is 0. The van der Waals surface area contributed by atoms with Crippen LogP contribution in [0.3, 0.4) is 0 Å². The number of phosphoric acid groups is 2. The average Bonchev–Trinajstić information content (AvgIpc) is 3.00.